The van der Waals surface area contributed by atoms with Gasteiger partial charge < -0.3 is 29.6 Å². The van der Waals surface area contributed by atoms with E-state index in [-0.39, 0.29) is 5.91 Å². The van der Waals surface area contributed by atoms with Crippen LogP contribution < -0.4 is 29.6 Å². The summed E-state index contributed by atoms with van der Waals surface area (Å²) in [5.74, 6) is 2.09. The van der Waals surface area contributed by atoms with Crippen molar-refractivity contribution in [2.75, 3.05) is 31.5 Å². The van der Waals surface area contributed by atoms with E-state index < -0.39 is 6.04 Å². The predicted molar refractivity (Wildman–Crippen MR) is 156 cm³/mol. The topological polar surface area (TPSA) is 109 Å². The maximum absolute atomic E-state index is 13.9. The van der Waals surface area contributed by atoms with Gasteiger partial charge in [0.1, 0.15) is 30.5 Å². The van der Waals surface area contributed by atoms with E-state index in [2.05, 4.69) is 20.7 Å². The first kappa shape index (κ1) is 27.9. The Kier molecular flexibility index (Phi) is 8.30. The maximum Gasteiger partial charge on any atom is 0.255 e. The number of nitrogens with one attached hydrogen (secondary N) is 2. The molecule has 5 rings (SSSR count). The molecule has 2 heterocycles. The second-order valence-electron chi connectivity index (χ2n) is 9.15. The number of benzene rings is 3. The number of nitrogens with zero attached hydrogens (tertiary/aromatic N) is 3. The van der Waals surface area contributed by atoms with Crippen LogP contribution in [0.25, 0.3) is 0 Å². The van der Waals surface area contributed by atoms with E-state index in [4.69, 9.17) is 30.5 Å². The Morgan fingerprint density at radius 3 is 2.51 bits per heavy atom. The number of aromatic nitrogens is 3. The summed E-state index contributed by atoms with van der Waals surface area (Å²) in [5.41, 5.74) is 3.26. The lowest BCUT2D eigenvalue weighted by Crippen LogP contribution is -2.31. The van der Waals surface area contributed by atoms with Gasteiger partial charge in [0.15, 0.2) is 11.5 Å². The van der Waals surface area contributed by atoms with E-state index in [0.717, 1.165) is 11.1 Å². The van der Waals surface area contributed by atoms with Crippen LogP contribution in [0.4, 0.5) is 11.6 Å². The number of carbonyl (C=O) groups is 1. The minimum Gasteiger partial charge on any atom is -0.495 e. The van der Waals surface area contributed by atoms with E-state index in [1.165, 1.54) is 20.5 Å². The number of hydrogen-bond donors (Lipinski definition) is 2. The van der Waals surface area contributed by atoms with Gasteiger partial charge in [0.25, 0.3) is 5.91 Å². The van der Waals surface area contributed by atoms with Gasteiger partial charge in [-0.2, -0.15) is 10.1 Å². The molecule has 10 nitrogen and oxygen atoms in total. The van der Waals surface area contributed by atoms with Gasteiger partial charge in [0, 0.05) is 17.8 Å². The quantitative estimate of drug-likeness (QED) is 0.242. The summed E-state index contributed by atoms with van der Waals surface area (Å²) in [5, 5.41) is 10.9. The Morgan fingerprint density at radius 1 is 1.00 bits per heavy atom. The highest BCUT2D eigenvalue weighted by Crippen LogP contribution is 2.41. The zero-order valence-corrected chi connectivity index (χ0v) is 23.9. The van der Waals surface area contributed by atoms with E-state index >= 15 is 0 Å². The first-order valence-corrected chi connectivity index (χ1v) is 13.3. The van der Waals surface area contributed by atoms with Crippen LogP contribution in [0.15, 0.2) is 78.3 Å². The Bertz CT molecular complexity index is 1590. The second-order valence-corrected chi connectivity index (χ2v) is 9.56. The number of methoxy groups -OCH3 is 2. The molecular weight excluding hydrogens is 546 g/mol. The second kappa shape index (κ2) is 12.2. The molecule has 1 atom stereocenters. The maximum atomic E-state index is 13.9. The third kappa shape index (κ3) is 5.78. The zero-order chi connectivity index (χ0) is 28.9. The molecular formula is C30H30ClN5O5. The van der Waals surface area contributed by atoms with Gasteiger partial charge in [-0.05, 0) is 37.1 Å². The fourth-order valence-electron chi connectivity index (χ4n) is 4.66. The number of amides is 1. The molecule has 0 fully saturated rings. The van der Waals surface area contributed by atoms with Crippen LogP contribution in [-0.2, 0) is 11.4 Å². The summed E-state index contributed by atoms with van der Waals surface area (Å²) in [4.78, 5) is 18.3. The van der Waals surface area contributed by atoms with Crippen LogP contribution in [0.5, 0.6) is 23.0 Å². The first-order valence-electron chi connectivity index (χ1n) is 13.0. The smallest absolute Gasteiger partial charge is 0.255 e. The number of anilines is 2. The molecule has 11 heteroatoms. The molecule has 1 aromatic heterocycles. The minimum absolute atomic E-state index is 0.361. The van der Waals surface area contributed by atoms with Crippen LogP contribution in [0.3, 0.4) is 0 Å². The third-order valence-electron chi connectivity index (χ3n) is 6.58. The molecule has 0 unspecified atom stereocenters. The number of allylic oxidation sites excluding steroid dienone is 1. The number of ether oxygens (including phenoxy) is 4. The van der Waals surface area contributed by atoms with Crippen LogP contribution in [0.1, 0.15) is 31.0 Å². The monoisotopic (exact) mass is 575 g/mol. The molecule has 4 aromatic rings. The third-order valence-corrected chi connectivity index (χ3v) is 6.88. The number of halogens is 1. The molecule has 1 aliphatic rings. The summed E-state index contributed by atoms with van der Waals surface area (Å²) in [6.07, 6.45) is 1.44. The molecule has 3 aromatic carbocycles. The van der Waals surface area contributed by atoms with E-state index in [1.807, 2.05) is 62.4 Å². The average molecular weight is 576 g/mol. The van der Waals surface area contributed by atoms with E-state index in [1.54, 1.807) is 16.8 Å². The molecule has 1 aliphatic heterocycles. The molecule has 0 aliphatic carbocycles. The largest absolute Gasteiger partial charge is 0.495 e. The van der Waals surface area contributed by atoms with Crippen molar-refractivity contribution in [1.29, 1.82) is 0 Å². The van der Waals surface area contributed by atoms with Gasteiger partial charge in [0.05, 0.1) is 37.1 Å². The van der Waals surface area contributed by atoms with Crippen LogP contribution in [0.2, 0.25) is 5.02 Å². The molecule has 0 radical (unpaired) electrons. The summed E-state index contributed by atoms with van der Waals surface area (Å²) in [7, 11) is 3.00. The zero-order valence-electron chi connectivity index (χ0n) is 23.1. The summed E-state index contributed by atoms with van der Waals surface area (Å²) in [6.45, 7) is 4.55. The van der Waals surface area contributed by atoms with Crippen molar-refractivity contribution in [1.82, 2.24) is 14.8 Å². The number of rotatable bonds is 10. The number of hydrogen-bond acceptors (Lipinski definition) is 8. The normalized spacial score (nSPS) is 14.1. The Morgan fingerprint density at radius 2 is 1.78 bits per heavy atom. The molecule has 0 spiro atoms. The molecule has 41 heavy (non-hydrogen) atoms. The molecule has 0 saturated carbocycles. The van der Waals surface area contributed by atoms with Gasteiger partial charge in [-0.3, -0.25) is 4.79 Å². The molecule has 0 bridgehead atoms. The van der Waals surface area contributed by atoms with Crippen molar-refractivity contribution in [2.45, 2.75) is 26.5 Å². The predicted octanol–water partition coefficient (Wildman–Crippen LogP) is 5.85. The fourth-order valence-corrected chi connectivity index (χ4v) is 4.89. The van der Waals surface area contributed by atoms with Crippen molar-refractivity contribution in [2.24, 2.45) is 0 Å². The standard InChI is InChI=1S/C30H30ClN5O5/c1-5-40-26-13-20(11-12-23(26)41-16-19-9-7-6-8-10-19)28-27(18(2)34-30-32-17-33-36(28)30)29(37)35-22-15-24(38-3)21(31)14-25(22)39-4/h6-15,17,28H,5,16H2,1-4H3,(H,35,37)(H,32,33,34)/t28-/m0/s1. The highest BCUT2D eigenvalue weighted by atomic mass is 35.5. The number of carbonyl (C=O) groups excluding carboxylic acids is 1. The Labute approximate surface area is 242 Å². The van der Waals surface area contributed by atoms with Crippen molar-refractivity contribution in [3.8, 4) is 23.0 Å². The highest BCUT2D eigenvalue weighted by molar-refractivity contribution is 6.32. The molecule has 0 saturated heterocycles. The van der Waals surface area contributed by atoms with Crippen molar-refractivity contribution < 1.29 is 23.7 Å². The lowest BCUT2D eigenvalue weighted by atomic mass is 9.94. The lowest BCUT2D eigenvalue weighted by molar-refractivity contribution is -0.113. The summed E-state index contributed by atoms with van der Waals surface area (Å²) in [6, 6.07) is 18.1. The van der Waals surface area contributed by atoms with Gasteiger partial charge in [-0.1, -0.05) is 48.0 Å². The fraction of sp³-hybridized carbons (Fsp3) is 0.233. The molecule has 212 valence electrons. The van der Waals surface area contributed by atoms with E-state index in [0.29, 0.717) is 64.1 Å². The van der Waals surface area contributed by atoms with Crippen molar-refractivity contribution in [3.05, 3.63) is 94.4 Å². The molecule has 2 N–H and O–H groups in total. The van der Waals surface area contributed by atoms with Crippen LogP contribution in [-0.4, -0.2) is 41.5 Å². The van der Waals surface area contributed by atoms with Gasteiger partial charge in [-0.25, -0.2) is 4.68 Å². The van der Waals surface area contributed by atoms with Crippen molar-refractivity contribution in [3.63, 3.8) is 0 Å². The average Bonchev–Trinajstić information content (AvgIpc) is 3.45. The number of fused-ring (bicyclic) bond motifs is 1. The lowest BCUT2D eigenvalue weighted by Gasteiger charge is -2.29. The highest BCUT2D eigenvalue weighted by Gasteiger charge is 2.34. The van der Waals surface area contributed by atoms with Crippen LogP contribution in [0, 0.1) is 0 Å². The first-order chi connectivity index (χ1) is 19.9. The van der Waals surface area contributed by atoms with E-state index in [9.17, 15) is 4.79 Å². The molecule has 1 amide bonds. The Hall–Kier alpha value is -4.70. The SMILES string of the molecule is CCOc1cc([C@H]2C(C(=O)Nc3cc(OC)c(Cl)cc3OC)=C(C)Nc3ncnn32)ccc1OCc1ccccc1. The Balaban J connectivity index is 1.51. The van der Waals surface area contributed by atoms with Gasteiger partial charge >= 0.3 is 0 Å². The summed E-state index contributed by atoms with van der Waals surface area (Å²) < 4.78 is 24.5. The van der Waals surface area contributed by atoms with Crippen LogP contribution >= 0.6 is 11.6 Å². The van der Waals surface area contributed by atoms with Gasteiger partial charge in [0.2, 0.25) is 5.95 Å². The minimum atomic E-state index is -0.615. The van der Waals surface area contributed by atoms with Crippen molar-refractivity contribution >= 4 is 29.1 Å². The van der Waals surface area contributed by atoms with Gasteiger partial charge in [-0.15, -0.1) is 0 Å². The summed E-state index contributed by atoms with van der Waals surface area (Å²) >= 11 is 6.27.